The Morgan fingerprint density at radius 1 is 1.11 bits per heavy atom. The largest absolute Gasteiger partial charge is 0.378 e. The monoisotopic (exact) mass is 251 g/mol. The second kappa shape index (κ2) is 5.14. The topological polar surface area (TPSA) is 29.9 Å². The molecule has 0 spiro atoms. The summed E-state index contributed by atoms with van der Waals surface area (Å²) in [5.41, 5.74) is 1.13. The van der Waals surface area contributed by atoms with Gasteiger partial charge in [0.25, 0.3) is 0 Å². The molecule has 0 radical (unpaired) electrons. The van der Waals surface area contributed by atoms with Crippen LogP contribution in [0.2, 0.25) is 0 Å². The third kappa shape index (κ3) is 2.45. The van der Waals surface area contributed by atoms with Crippen molar-refractivity contribution < 1.29 is 0 Å². The Balaban J connectivity index is 1.78. The van der Waals surface area contributed by atoms with E-state index in [2.05, 4.69) is 64.3 Å². The smallest absolute Gasteiger partial charge is 0.128 e. The normalized spacial score (nSPS) is 10.8. The quantitative estimate of drug-likeness (QED) is 0.766. The molecule has 3 aromatic rings. The van der Waals surface area contributed by atoms with Crippen LogP contribution in [0.25, 0.3) is 10.8 Å². The van der Waals surface area contributed by atoms with Crippen LogP contribution in [0.3, 0.4) is 0 Å². The zero-order valence-corrected chi connectivity index (χ0v) is 11.0. The Labute approximate surface area is 112 Å². The van der Waals surface area contributed by atoms with Gasteiger partial charge in [-0.1, -0.05) is 30.3 Å². The molecule has 0 saturated heterocycles. The molecule has 96 valence electrons. The van der Waals surface area contributed by atoms with Gasteiger partial charge in [0.1, 0.15) is 5.82 Å². The molecule has 1 N–H and O–H groups in total. The van der Waals surface area contributed by atoms with Crippen LogP contribution in [0.1, 0.15) is 12.7 Å². The van der Waals surface area contributed by atoms with Crippen molar-refractivity contribution >= 4 is 16.5 Å². The molecule has 19 heavy (non-hydrogen) atoms. The lowest BCUT2D eigenvalue weighted by molar-refractivity contribution is 0.708. The second-order valence-corrected chi connectivity index (χ2v) is 4.54. The minimum atomic E-state index is 0.749. The average Bonchev–Trinajstić information content (AvgIpc) is 2.92. The Bertz CT molecular complexity index is 685. The maximum absolute atomic E-state index is 4.36. The van der Waals surface area contributed by atoms with Crippen molar-refractivity contribution in [2.45, 2.75) is 20.0 Å². The van der Waals surface area contributed by atoms with E-state index < -0.39 is 0 Å². The predicted molar refractivity (Wildman–Crippen MR) is 79.2 cm³/mol. The molecule has 0 unspecified atom stereocenters. The third-order valence-electron chi connectivity index (χ3n) is 3.34. The van der Waals surface area contributed by atoms with Crippen molar-refractivity contribution in [2.75, 3.05) is 5.32 Å². The highest BCUT2D eigenvalue weighted by molar-refractivity contribution is 5.85. The Morgan fingerprint density at radius 3 is 2.79 bits per heavy atom. The molecule has 0 atom stereocenters. The second-order valence-electron chi connectivity index (χ2n) is 4.54. The molecule has 0 bridgehead atoms. The zero-order chi connectivity index (χ0) is 13.1. The van der Waals surface area contributed by atoms with E-state index in [9.17, 15) is 0 Å². The maximum atomic E-state index is 4.36. The molecule has 0 aliphatic carbocycles. The van der Waals surface area contributed by atoms with E-state index in [0.717, 1.165) is 24.6 Å². The summed E-state index contributed by atoms with van der Waals surface area (Å²) in [6.07, 6.45) is 3.86. The fourth-order valence-electron chi connectivity index (χ4n) is 2.28. The molecule has 3 rings (SSSR count). The van der Waals surface area contributed by atoms with Crippen LogP contribution < -0.4 is 5.32 Å². The predicted octanol–water partition coefficient (Wildman–Crippen LogP) is 3.67. The van der Waals surface area contributed by atoms with Crippen LogP contribution >= 0.6 is 0 Å². The van der Waals surface area contributed by atoms with E-state index in [-0.39, 0.29) is 0 Å². The van der Waals surface area contributed by atoms with Gasteiger partial charge in [0.15, 0.2) is 0 Å². The minimum absolute atomic E-state index is 0.749. The lowest BCUT2D eigenvalue weighted by atomic mass is 10.1. The SMILES string of the molecule is CCn1ccnc1CNc1ccc2ccccc2c1. The number of hydrogen-bond donors (Lipinski definition) is 1. The highest BCUT2D eigenvalue weighted by atomic mass is 15.1. The number of aryl methyl sites for hydroxylation is 1. The summed E-state index contributed by atoms with van der Waals surface area (Å²) in [5.74, 6) is 1.07. The number of nitrogens with one attached hydrogen (secondary N) is 1. The molecule has 2 aromatic carbocycles. The lowest BCUT2D eigenvalue weighted by Crippen LogP contribution is -2.07. The first-order chi connectivity index (χ1) is 9.36. The number of benzene rings is 2. The van der Waals surface area contributed by atoms with Crippen molar-refractivity contribution in [2.24, 2.45) is 0 Å². The molecule has 0 saturated carbocycles. The summed E-state index contributed by atoms with van der Waals surface area (Å²) in [6.45, 7) is 3.83. The molecule has 0 amide bonds. The van der Waals surface area contributed by atoms with Crippen molar-refractivity contribution in [1.29, 1.82) is 0 Å². The third-order valence-corrected chi connectivity index (χ3v) is 3.34. The van der Waals surface area contributed by atoms with E-state index in [4.69, 9.17) is 0 Å². The van der Waals surface area contributed by atoms with Gasteiger partial charge in [-0.05, 0) is 29.8 Å². The number of anilines is 1. The molecule has 0 aliphatic heterocycles. The fraction of sp³-hybridized carbons (Fsp3) is 0.188. The van der Waals surface area contributed by atoms with Crippen molar-refractivity contribution in [3.05, 3.63) is 60.7 Å². The number of fused-ring (bicyclic) bond motifs is 1. The number of aromatic nitrogens is 2. The van der Waals surface area contributed by atoms with Gasteiger partial charge < -0.3 is 9.88 Å². The van der Waals surface area contributed by atoms with E-state index in [0.29, 0.717) is 0 Å². The summed E-state index contributed by atoms with van der Waals surface area (Å²) >= 11 is 0. The molecule has 0 aliphatic rings. The molecule has 1 aromatic heterocycles. The summed E-state index contributed by atoms with van der Waals surface area (Å²) in [7, 11) is 0. The molecule has 1 heterocycles. The number of nitrogens with zero attached hydrogens (tertiary/aromatic N) is 2. The van der Waals surface area contributed by atoms with Crippen LogP contribution in [-0.2, 0) is 13.1 Å². The van der Waals surface area contributed by atoms with Crippen LogP contribution in [0, 0.1) is 0 Å². The van der Waals surface area contributed by atoms with Crippen LogP contribution in [0.5, 0.6) is 0 Å². The Hall–Kier alpha value is -2.29. The van der Waals surface area contributed by atoms with E-state index >= 15 is 0 Å². The summed E-state index contributed by atoms with van der Waals surface area (Å²) in [6, 6.07) is 14.8. The van der Waals surface area contributed by atoms with E-state index in [1.165, 1.54) is 10.8 Å². The van der Waals surface area contributed by atoms with E-state index in [1.807, 2.05) is 12.4 Å². The lowest BCUT2D eigenvalue weighted by Gasteiger charge is -2.09. The minimum Gasteiger partial charge on any atom is -0.378 e. The highest BCUT2D eigenvalue weighted by Crippen LogP contribution is 2.19. The molecule has 0 fully saturated rings. The summed E-state index contributed by atoms with van der Waals surface area (Å²) < 4.78 is 2.15. The van der Waals surface area contributed by atoms with Gasteiger partial charge >= 0.3 is 0 Å². The molecular weight excluding hydrogens is 234 g/mol. The van der Waals surface area contributed by atoms with Crippen molar-refractivity contribution in [3.8, 4) is 0 Å². The molecule has 3 heteroatoms. The van der Waals surface area contributed by atoms with Gasteiger partial charge in [0.05, 0.1) is 6.54 Å². The van der Waals surface area contributed by atoms with Crippen molar-refractivity contribution in [1.82, 2.24) is 9.55 Å². The van der Waals surface area contributed by atoms with Crippen LogP contribution in [-0.4, -0.2) is 9.55 Å². The van der Waals surface area contributed by atoms with Gasteiger partial charge in [0, 0.05) is 24.6 Å². The number of imidazole rings is 1. The van der Waals surface area contributed by atoms with Crippen LogP contribution in [0.4, 0.5) is 5.69 Å². The first-order valence-corrected chi connectivity index (χ1v) is 6.59. The highest BCUT2D eigenvalue weighted by Gasteiger charge is 2.01. The Morgan fingerprint density at radius 2 is 1.95 bits per heavy atom. The van der Waals surface area contributed by atoms with Crippen LogP contribution in [0.15, 0.2) is 54.9 Å². The molecule has 3 nitrogen and oxygen atoms in total. The Kier molecular flexibility index (Phi) is 3.19. The number of rotatable bonds is 4. The van der Waals surface area contributed by atoms with Crippen molar-refractivity contribution in [3.63, 3.8) is 0 Å². The summed E-state index contributed by atoms with van der Waals surface area (Å²) in [4.78, 5) is 4.36. The van der Waals surface area contributed by atoms with Gasteiger partial charge in [-0.2, -0.15) is 0 Å². The van der Waals surface area contributed by atoms with Gasteiger partial charge in [0.2, 0.25) is 0 Å². The first kappa shape index (κ1) is 11.8. The molecular formula is C16H17N3. The van der Waals surface area contributed by atoms with E-state index in [1.54, 1.807) is 0 Å². The fourth-order valence-corrected chi connectivity index (χ4v) is 2.28. The van der Waals surface area contributed by atoms with Gasteiger partial charge in [-0.3, -0.25) is 0 Å². The maximum Gasteiger partial charge on any atom is 0.128 e. The first-order valence-electron chi connectivity index (χ1n) is 6.59. The standard InChI is InChI=1S/C16H17N3/c1-2-19-10-9-17-16(19)12-18-15-8-7-13-5-3-4-6-14(13)11-15/h3-11,18H,2,12H2,1H3. The zero-order valence-electron chi connectivity index (χ0n) is 11.0. The van der Waals surface area contributed by atoms with Gasteiger partial charge in [-0.25, -0.2) is 4.98 Å². The summed E-state index contributed by atoms with van der Waals surface area (Å²) in [5, 5.41) is 5.95. The average molecular weight is 251 g/mol. The number of hydrogen-bond acceptors (Lipinski definition) is 2. The van der Waals surface area contributed by atoms with Gasteiger partial charge in [-0.15, -0.1) is 0 Å².